The van der Waals surface area contributed by atoms with Gasteiger partial charge in [-0.05, 0) is 68.7 Å². The van der Waals surface area contributed by atoms with Gasteiger partial charge in [0, 0.05) is 18.7 Å². The molecule has 0 bridgehead atoms. The maximum atomic E-state index is 11.4. The van der Waals surface area contributed by atoms with Crippen LogP contribution in [0.1, 0.15) is 102 Å². The number of hydrogen-bond donors (Lipinski definition) is 1. The lowest BCUT2D eigenvalue weighted by molar-refractivity contribution is -0.143. The van der Waals surface area contributed by atoms with Gasteiger partial charge in [-0.3, -0.25) is 4.79 Å². The van der Waals surface area contributed by atoms with Crippen LogP contribution >= 0.6 is 0 Å². The Morgan fingerprint density at radius 1 is 0.722 bits per heavy atom. The van der Waals surface area contributed by atoms with Gasteiger partial charge in [-0.15, -0.1) is 0 Å². The van der Waals surface area contributed by atoms with Crippen LogP contribution in [0.25, 0.3) is 0 Å². The van der Waals surface area contributed by atoms with Crippen molar-refractivity contribution in [1.82, 2.24) is 0 Å². The molecular formula is C33H49NO2. The molecule has 198 valence electrons. The van der Waals surface area contributed by atoms with E-state index in [4.69, 9.17) is 4.74 Å². The summed E-state index contributed by atoms with van der Waals surface area (Å²) < 4.78 is 4.98. The number of esters is 1. The fourth-order valence-corrected chi connectivity index (χ4v) is 4.44. The largest absolute Gasteiger partial charge is 0.466 e. The number of nitrogens with one attached hydrogen (secondary N) is 1. The SMILES string of the molecule is CCOC(=O)CCCc1ccc(NCCCCCCCCCCCCC=CCc2ccccc2)cc1. The Morgan fingerprint density at radius 2 is 1.36 bits per heavy atom. The van der Waals surface area contributed by atoms with Crippen LogP contribution in [-0.4, -0.2) is 19.1 Å². The number of hydrogen-bond acceptors (Lipinski definition) is 3. The number of aryl methyl sites for hydroxylation is 1. The molecule has 0 radical (unpaired) electrons. The van der Waals surface area contributed by atoms with Gasteiger partial charge in [0.2, 0.25) is 0 Å². The zero-order valence-corrected chi connectivity index (χ0v) is 22.7. The first kappa shape index (κ1) is 29.7. The van der Waals surface area contributed by atoms with Crippen molar-refractivity contribution in [2.24, 2.45) is 0 Å². The zero-order valence-electron chi connectivity index (χ0n) is 22.7. The van der Waals surface area contributed by atoms with Crippen molar-refractivity contribution in [2.75, 3.05) is 18.5 Å². The molecule has 0 unspecified atom stereocenters. The van der Waals surface area contributed by atoms with Crippen LogP contribution in [0.15, 0.2) is 66.7 Å². The summed E-state index contributed by atoms with van der Waals surface area (Å²) >= 11 is 0. The van der Waals surface area contributed by atoms with E-state index in [1.165, 1.54) is 87.4 Å². The van der Waals surface area contributed by atoms with Crippen molar-refractivity contribution in [1.29, 1.82) is 0 Å². The summed E-state index contributed by atoms with van der Waals surface area (Å²) in [7, 11) is 0. The molecule has 36 heavy (non-hydrogen) atoms. The van der Waals surface area contributed by atoms with Crippen LogP contribution in [0.4, 0.5) is 5.69 Å². The molecule has 0 aliphatic rings. The quantitative estimate of drug-likeness (QED) is 0.107. The first-order valence-electron chi connectivity index (χ1n) is 14.5. The van der Waals surface area contributed by atoms with Crippen molar-refractivity contribution in [3.05, 3.63) is 77.9 Å². The summed E-state index contributed by atoms with van der Waals surface area (Å²) in [5, 5.41) is 3.54. The average molecular weight is 492 g/mol. The number of carbonyl (C=O) groups is 1. The number of anilines is 1. The van der Waals surface area contributed by atoms with Crippen LogP contribution in [0.2, 0.25) is 0 Å². The highest BCUT2D eigenvalue weighted by Crippen LogP contribution is 2.14. The monoisotopic (exact) mass is 491 g/mol. The fourth-order valence-electron chi connectivity index (χ4n) is 4.44. The van der Waals surface area contributed by atoms with E-state index in [1.54, 1.807) is 0 Å². The Labute approximate surface area is 220 Å². The number of ether oxygens (including phenoxy) is 1. The Morgan fingerprint density at radius 3 is 2.03 bits per heavy atom. The van der Waals surface area contributed by atoms with Crippen molar-refractivity contribution in [3.8, 4) is 0 Å². The average Bonchev–Trinajstić information content (AvgIpc) is 2.90. The molecule has 0 fully saturated rings. The second-order valence-corrected chi connectivity index (χ2v) is 9.77. The fraction of sp³-hybridized carbons (Fsp3) is 0.545. The molecule has 2 rings (SSSR count). The van der Waals surface area contributed by atoms with E-state index in [0.717, 1.165) is 25.8 Å². The van der Waals surface area contributed by atoms with Crippen LogP contribution < -0.4 is 5.32 Å². The van der Waals surface area contributed by atoms with Gasteiger partial charge in [-0.2, -0.15) is 0 Å². The molecular weight excluding hydrogens is 442 g/mol. The van der Waals surface area contributed by atoms with E-state index < -0.39 is 0 Å². The highest BCUT2D eigenvalue weighted by Gasteiger charge is 2.02. The lowest BCUT2D eigenvalue weighted by atomic mass is 10.1. The van der Waals surface area contributed by atoms with E-state index in [1.807, 2.05) is 6.92 Å². The molecule has 2 aromatic rings. The number of unbranched alkanes of at least 4 members (excludes halogenated alkanes) is 10. The first-order valence-corrected chi connectivity index (χ1v) is 14.5. The molecule has 0 atom stereocenters. The van der Waals surface area contributed by atoms with Gasteiger partial charge < -0.3 is 10.1 Å². The molecule has 0 aromatic heterocycles. The topological polar surface area (TPSA) is 38.3 Å². The van der Waals surface area contributed by atoms with Crippen molar-refractivity contribution < 1.29 is 9.53 Å². The lowest BCUT2D eigenvalue weighted by Crippen LogP contribution is -2.04. The normalized spacial score (nSPS) is 11.1. The van der Waals surface area contributed by atoms with Gasteiger partial charge >= 0.3 is 5.97 Å². The highest BCUT2D eigenvalue weighted by molar-refractivity contribution is 5.69. The summed E-state index contributed by atoms with van der Waals surface area (Å²) in [6, 6.07) is 19.3. The zero-order chi connectivity index (χ0) is 25.5. The maximum Gasteiger partial charge on any atom is 0.305 e. The summed E-state index contributed by atoms with van der Waals surface area (Å²) in [5.41, 5.74) is 3.87. The predicted molar refractivity (Wildman–Crippen MR) is 155 cm³/mol. The highest BCUT2D eigenvalue weighted by atomic mass is 16.5. The Bertz CT molecular complexity index is 813. The molecule has 2 aromatic carbocycles. The third-order valence-corrected chi connectivity index (χ3v) is 6.60. The molecule has 0 aliphatic heterocycles. The van der Waals surface area contributed by atoms with Crippen molar-refractivity contribution in [2.45, 2.75) is 103 Å². The van der Waals surface area contributed by atoms with Gasteiger partial charge in [0.05, 0.1) is 6.61 Å². The summed E-state index contributed by atoms with van der Waals surface area (Å²) in [6.45, 7) is 3.36. The van der Waals surface area contributed by atoms with E-state index in [9.17, 15) is 4.79 Å². The minimum Gasteiger partial charge on any atom is -0.466 e. The van der Waals surface area contributed by atoms with E-state index in [-0.39, 0.29) is 5.97 Å². The molecule has 0 spiro atoms. The Hall–Kier alpha value is -2.55. The lowest BCUT2D eigenvalue weighted by Gasteiger charge is -2.08. The van der Waals surface area contributed by atoms with Crippen LogP contribution in [0.3, 0.4) is 0 Å². The van der Waals surface area contributed by atoms with Crippen molar-refractivity contribution >= 4 is 11.7 Å². The molecule has 1 N–H and O–H groups in total. The Balaban J connectivity index is 1.33. The minimum absolute atomic E-state index is 0.0927. The second-order valence-electron chi connectivity index (χ2n) is 9.77. The van der Waals surface area contributed by atoms with Gasteiger partial charge in [0.25, 0.3) is 0 Å². The van der Waals surface area contributed by atoms with E-state index >= 15 is 0 Å². The third-order valence-electron chi connectivity index (χ3n) is 6.60. The Kier molecular flexibility index (Phi) is 17.0. The molecule has 3 nitrogen and oxygen atoms in total. The maximum absolute atomic E-state index is 11.4. The van der Waals surface area contributed by atoms with Crippen LogP contribution in [-0.2, 0) is 22.4 Å². The minimum atomic E-state index is -0.0927. The standard InChI is InChI=1S/C33H49NO2/c1-2-36-33(35)24-19-23-31-25-27-32(28-26-31)34-29-18-13-11-9-7-5-3-4-6-8-10-12-15-20-30-21-16-14-17-22-30/h12,14-17,21-22,25-28,34H,2-11,13,18-20,23-24,29H2,1H3. The first-order chi connectivity index (χ1) is 17.8. The second kappa shape index (κ2) is 20.6. The molecule has 3 heteroatoms. The van der Waals surface area contributed by atoms with Crippen molar-refractivity contribution in [3.63, 3.8) is 0 Å². The van der Waals surface area contributed by atoms with Gasteiger partial charge in [-0.25, -0.2) is 0 Å². The number of allylic oxidation sites excluding steroid dienone is 2. The number of carbonyl (C=O) groups excluding carboxylic acids is 1. The molecule has 0 aliphatic carbocycles. The molecule has 0 amide bonds. The smallest absolute Gasteiger partial charge is 0.305 e. The van der Waals surface area contributed by atoms with E-state index in [2.05, 4.69) is 72.1 Å². The van der Waals surface area contributed by atoms with Gasteiger partial charge in [0.15, 0.2) is 0 Å². The van der Waals surface area contributed by atoms with Crippen LogP contribution in [0, 0.1) is 0 Å². The van der Waals surface area contributed by atoms with Crippen LogP contribution in [0.5, 0.6) is 0 Å². The molecule has 0 heterocycles. The number of benzene rings is 2. The molecule has 0 saturated carbocycles. The summed E-state index contributed by atoms with van der Waals surface area (Å²) in [4.78, 5) is 11.4. The van der Waals surface area contributed by atoms with Gasteiger partial charge in [-0.1, -0.05) is 106 Å². The number of rotatable bonds is 21. The summed E-state index contributed by atoms with van der Waals surface area (Å²) in [5.74, 6) is -0.0927. The third kappa shape index (κ3) is 15.4. The predicted octanol–water partition coefficient (Wildman–Crippen LogP) is 9.07. The molecule has 0 saturated heterocycles. The van der Waals surface area contributed by atoms with Gasteiger partial charge in [0.1, 0.15) is 0 Å². The summed E-state index contributed by atoms with van der Waals surface area (Å²) in [6.07, 6.45) is 22.8. The van der Waals surface area contributed by atoms with E-state index in [0.29, 0.717) is 13.0 Å².